The van der Waals surface area contributed by atoms with Crippen LogP contribution in [0, 0.1) is 17.8 Å². The number of hydrogen-bond donors (Lipinski definition) is 6. The first-order valence-electron chi connectivity index (χ1n) is 23.0. The van der Waals surface area contributed by atoms with Crippen molar-refractivity contribution < 1.29 is 52.9 Å². The number of benzene rings is 5. The van der Waals surface area contributed by atoms with E-state index in [1.54, 1.807) is 48.5 Å². The third-order valence-corrected chi connectivity index (χ3v) is 12.3. The van der Waals surface area contributed by atoms with Gasteiger partial charge in [-0.05, 0) is 97.3 Å². The number of carbonyl (C=O) groups excluding carboxylic acids is 7. The van der Waals surface area contributed by atoms with Gasteiger partial charge >= 0.3 is 0 Å². The Morgan fingerprint density at radius 3 is 2.14 bits per heavy atom. The average Bonchev–Trinajstić information content (AvgIpc) is 3.32. The number of phenols is 2. The Balaban J connectivity index is 1.06. The topological polar surface area (TPSA) is 261 Å². The second-order valence-corrected chi connectivity index (χ2v) is 17.5. The number of Topliss-reactive ketones (excluding diaryl/α,β-unsaturated/α-hetero) is 2. The number of phenolic OH excluding ortho intramolecular Hbond substituents is 2. The van der Waals surface area contributed by atoms with Crippen LogP contribution in [0.1, 0.15) is 76.0 Å². The fourth-order valence-corrected chi connectivity index (χ4v) is 8.32. The molecule has 364 valence electrons. The maximum Gasteiger partial charge on any atom is 0.298 e. The fraction of sp³-hybridized carbons (Fsp3) is 0.296. The van der Waals surface area contributed by atoms with Crippen LogP contribution in [-0.2, 0) is 52.9 Å². The molecular weight excluding hydrogens is 897 g/mol. The number of anilines is 1. The zero-order valence-corrected chi connectivity index (χ0v) is 39.1. The fourth-order valence-electron chi connectivity index (χ4n) is 8.32. The van der Waals surface area contributed by atoms with Crippen molar-refractivity contribution in [2.24, 2.45) is 23.5 Å². The number of rotatable bonds is 24. The highest BCUT2D eigenvalue weighted by Gasteiger charge is 2.33. The van der Waals surface area contributed by atoms with E-state index in [1.165, 1.54) is 49.4 Å². The minimum absolute atomic E-state index is 0.00671. The van der Waals surface area contributed by atoms with Crippen molar-refractivity contribution >= 4 is 58.3 Å². The van der Waals surface area contributed by atoms with Crippen molar-refractivity contribution in [3.05, 3.63) is 130 Å². The molecule has 1 aliphatic carbocycles. The summed E-state index contributed by atoms with van der Waals surface area (Å²) in [5.41, 5.74) is 9.74. The normalized spacial score (nSPS) is 12.8. The SMILES string of the molecule is CCC(C)[C@H](NC(=O)[C@@H](CC(C)=O)Cc1ccc(O)cc1)C(=O)C[C@@H](CCC(N)=O)C(=O)NCc1ccc(CCC(=O)Nc2ccc(-c3c4ccc(=O)cc-4oc4cc(O)ccc34)c(OC=O)c2)cc1. The Labute approximate surface area is 404 Å². The minimum atomic E-state index is -0.966. The number of carbonyl (C=O) groups is 7. The van der Waals surface area contributed by atoms with Crippen LogP contribution in [0.25, 0.3) is 33.4 Å². The van der Waals surface area contributed by atoms with E-state index in [-0.39, 0.29) is 97.6 Å². The third-order valence-electron chi connectivity index (χ3n) is 12.3. The number of primary amides is 1. The maximum absolute atomic E-state index is 13.9. The number of nitrogens with two attached hydrogens (primary N) is 1. The predicted octanol–water partition coefficient (Wildman–Crippen LogP) is 6.91. The Morgan fingerprint density at radius 1 is 0.771 bits per heavy atom. The summed E-state index contributed by atoms with van der Waals surface area (Å²) >= 11 is 0. The van der Waals surface area contributed by atoms with Crippen LogP contribution in [0.5, 0.6) is 17.2 Å². The van der Waals surface area contributed by atoms with Gasteiger partial charge in [-0.2, -0.15) is 0 Å². The molecule has 0 saturated heterocycles. The average molecular weight is 953 g/mol. The molecule has 0 bridgehead atoms. The van der Waals surface area contributed by atoms with Crippen LogP contribution in [0.15, 0.2) is 112 Å². The van der Waals surface area contributed by atoms with E-state index >= 15 is 0 Å². The van der Waals surface area contributed by atoms with Crippen LogP contribution in [0.4, 0.5) is 5.69 Å². The summed E-state index contributed by atoms with van der Waals surface area (Å²) in [6, 6.07) is 26.3. The second-order valence-electron chi connectivity index (χ2n) is 17.5. The molecule has 0 spiro atoms. The van der Waals surface area contributed by atoms with E-state index in [2.05, 4.69) is 16.0 Å². The van der Waals surface area contributed by atoms with Crippen molar-refractivity contribution in [1.82, 2.24) is 10.6 Å². The molecule has 4 atom stereocenters. The van der Waals surface area contributed by atoms with Crippen LogP contribution in [-0.4, -0.2) is 57.9 Å². The molecule has 16 nitrogen and oxygen atoms in total. The number of ether oxygens (including phenoxy) is 1. The standard InChI is InChI=1S/C54H56N4O12/c1-4-31(2)52(58-54(68)37(23-32(3)60)24-34-9-14-39(61)15-10-34)45(64)25-36(12-21-49(55)65)53(67)56-29-35-7-5-33(6-8-35)11-22-50(66)57-38-13-18-42(46(26-38)69-30-59)51-43-19-16-40(62)27-47(43)70-48-28-41(63)17-20-44(48)51/h5-10,13-20,26-28,30-31,36-37,52,61-62H,4,11-12,21-25,29H2,1-3H3,(H2,55,65)(H,56,67)(H,57,66)(H,58,68)/t31?,36-,37+,52+/m1/s1. The number of ketones is 2. The number of aromatic hydroxyl groups is 2. The lowest BCUT2D eigenvalue weighted by Crippen LogP contribution is -2.49. The lowest BCUT2D eigenvalue weighted by atomic mass is 9.86. The van der Waals surface area contributed by atoms with Crippen molar-refractivity contribution in [3.63, 3.8) is 0 Å². The van der Waals surface area contributed by atoms with Crippen molar-refractivity contribution in [3.8, 4) is 39.7 Å². The highest BCUT2D eigenvalue weighted by atomic mass is 16.5. The van der Waals surface area contributed by atoms with Crippen LogP contribution >= 0.6 is 0 Å². The molecule has 6 rings (SSSR count). The lowest BCUT2D eigenvalue weighted by Gasteiger charge is -2.27. The number of hydrogen-bond acceptors (Lipinski definition) is 12. The highest BCUT2D eigenvalue weighted by molar-refractivity contribution is 6.04. The molecule has 4 aromatic carbocycles. The van der Waals surface area contributed by atoms with E-state index < -0.39 is 41.4 Å². The van der Waals surface area contributed by atoms with Crippen molar-refractivity contribution in [2.75, 3.05) is 5.32 Å². The van der Waals surface area contributed by atoms with Crippen molar-refractivity contribution in [1.29, 1.82) is 0 Å². The quantitative estimate of drug-likeness (QED) is 0.0267. The Hall–Kier alpha value is -8.14. The molecule has 0 aromatic heterocycles. The van der Waals surface area contributed by atoms with Gasteiger partial charge in [0, 0.05) is 90.0 Å². The highest BCUT2D eigenvalue weighted by Crippen LogP contribution is 2.44. The van der Waals surface area contributed by atoms with Gasteiger partial charge in [0.05, 0.1) is 6.04 Å². The molecule has 0 fully saturated rings. The van der Waals surface area contributed by atoms with Gasteiger partial charge in [0.2, 0.25) is 23.6 Å². The molecule has 4 amide bonds. The molecule has 1 unspecified atom stereocenters. The van der Waals surface area contributed by atoms with E-state index in [0.29, 0.717) is 46.2 Å². The molecule has 1 heterocycles. The molecule has 4 aromatic rings. The zero-order chi connectivity index (χ0) is 50.5. The summed E-state index contributed by atoms with van der Waals surface area (Å²) in [6.07, 6.45) is 0.737. The smallest absolute Gasteiger partial charge is 0.298 e. The molecule has 70 heavy (non-hydrogen) atoms. The molecule has 2 aliphatic rings. The number of fused-ring (bicyclic) bond motifs is 2. The summed E-state index contributed by atoms with van der Waals surface area (Å²) in [6.45, 7) is 5.44. The predicted molar refractivity (Wildman–Crippen MR) is 262 cm³/mol. The first kappa shape index (κ1) is 51.3. The zero-order valence-electron chi connectivity index (χ0n) is 39.1. The minimum Gasteiger partial charge on any atom is -0.508 e. The first-order chi connectivity index (χ1) is 33.5. The molecular formula is C54H56N4O12. The van der Waals surface area contributed by atoms with E-state index in [9.17, 15) is 48.6 Å². The Bertz CT molecular complexity index is 2910. The number of aryl methyl sites for hydroxylation is 1. The number of nitrogens with one attached hydrogen (secondary N) is 3. The lowest BCUT2D eigenvalue weighted by molar-refractivity contribution is -0.135. The van der Waals surface area contributed by atoms with Gasteiger partial charge in [0.1, 0.15) is 34.4 Å². The largest absolute Gasteiger partial charge is 0.508 e. The monoisotopic (exact) mass is 952 g/mol. The van der Waals surface area contributed by atoms with Gasteiger partial charge in [-0.1, -0.05) is 56.7 Å². The Kier molecular flexibility index (Phi) is 17.4. The van der Waals surface area contributed by atoms with Crippen LogP contribution in [0.3, 0.4) is 0 Å². The Morgan fingerprint density at radius 2 is 1.46 bits per heavy atom. The van der Waals surface area contributed by atoms with Gasteiger partial charge in [0.15, 0.2) is 11.2 Å². The summed E-state index contributed by atoms with van der Waals surface area (Å²) in [4.78, 5) is 102. The first-order valence-corrected chi connectivity index (χ1v) is 23.0. The summed E-state index contributed by atoms with van der Waals surface area (Å²) < 4.78 is 11.3. The van der Waals surface area contributed by atoms with Gasteiger partial charge in [0.25, 0.3) is 6.47 Å². The molecule has 7 N–H and O–H groups in total. The summed E-state index contributed by atoms with van der Waals surface area (Å²) in [5, 5.41) is 29.0. The van der Waals surface area contributed by atoms with Crippen molar-refractivity contribution in [2.45, 2.75) is 84.7 Å². The van der Waals surface area contributed by atoms with Gasteiger partial charge in [-0.15, -0.1) is 0 Å². The molecule has 0 saturated carbocycles. The van der Waals surface area contributed by atoms with Gasteiger partial charge < -0.3 is 45.8 Å². The summed E-state index contributed by atoms with van der Waals surface area (Å²) in [7, 11) is 0. The molecule has 16 heteroatoms. The summed E-state index contributed by atoms with van der Waals surface area (Å²) in [5.74, 6) is -4.11. The van der Waals surface area contributed by atoms with Crippen LogP contribution in [0.2, 0.25) is 0 Å². The van der Waals surface area contributed by atoms with E-state index in [1.807, 2.05) is 26.0 Å². The second kappa shape index (κ2) is 23.7. The van der Waals surface area contributed by atoms with E-state index in [4.69, 9.17) is 14.9 Å². The van der Waals surface area contributed by atoms with Gasteiger partial charge in [-0.3, -0.25) is 33.6 Å². The third kappa shape index (κ3) is 13.7. The van der Waals surface area contributed by atoms with Gasteiger partial charge in [-0.25, -0.2) is 0 Å². The molecule has 0 radical (unpaired) electrons. The van der Waals surface area contributed by atoms with E-state index in [0.717, 1.165) is 16.7 Å². The maximum atomic E-state index is 13.9. The van der Waals surface area contributed by atoms with Crippen LogP contribution < -0.4 is 31.8 Å². The molecule has 1 aliphatic heterocycles. The number of amides is 4.